The van der Waals surface area contributed by atoms with Gasteiger partial charge in [0.2, 0.25) is 0 Å². The van der Waals surface area contributed by atoms with Crippen molar-refractivity contribution in [2.75, 3.05) is 26.2 Å². The summed E-state index contributed by atoms with van der Waals surface area (Å²) in [6, 6.07) is 24.7. The van der Waals surface area contributed by atoms with Crippen LogP contribution in [0.15, 0.2) is 84.9 Å². The third kappa shape index (κ3) is 10.2. The van der Waals surface area contributed by atoms with Crippen molar-refractivity contribution >= 4 is 0 Å². The summed E-state index contributed by atoms with van der Waals surface area (Å²) in [5.41, 5.74) is 4.01. The molecule has 0 aromatic heterocycles. The van der Waals surface area contributed by atoms with Gasteiger partial charge >= 0.3 is 0 Å². The summed E-state index contributed by atoms with van der Waals surface area (Å²) in [5, 5.41) is 48.0. The van der Waals surface area contributed by atoms with E-state index in [0.717, 1.165) is 48.3 Å². The summed E-state index contributed by atoms with van der Waals surface area (Å²) < 4.78 is 50.0. The first-order chi connectivity index (χ1) is 27.2. The topological polar surface area (TPSA) is 142 Å². The van der Waals surface area contributed by atoms with Gasteiger partial charge in [-0.25, -0.2) is 8.78 Å². The first-order valence-electron chi connectivity index (χ1n) is 19.7. The summed E-state index contributed by atoms with van der Waals surface area (Å²) in [7, 11) is 0. The molecule has 4 heterocycles. The molecule has 4 aliphatic rings. The SMILES string of the molecule is O[C@@H](CNC[C@H](O)[C@H]1CCc2ccccc2O1)[C@@H]1CCc2cc(F)ccc2O1.O[C@H](CNC[C@@H](O)[C@H]1CCc2cc(F)ccc2O1)[C@@H]1CCc2ccccc2O1. The van der Waals surface area contributed by atoms with E-state index in [-0.39, 0.29) is 36.1 Å². The molecule has 6 N–H and O–H groups in total. The zero-order chi connectivity index (χ0) is 39.0. The van der Waals surface area contributed by atoms with Crippen LogP contribution in [0.3, 0.4) is 0 Å². The van der Waals surface area contributed by atoms with Crippen LogP contribution in [0.5, 0.6) is 23.0 Å². The van der Waals surface area contributed by atoms with E-state index in [1.165, 1.54) is 35.4 Å². The summed E-state index contributed by atoms with van der Waals surface area (Å²) >= 11 is 0. The molecular weight excluding hydrogens is 722 g/mol. The Morgan fingerprint density at radius 2 is 0.750 bits per heavy atom. The fraction of sp³-hybridized carbons (Fsp3) is 0.455. The van der Waals surface area contributed by atoms with Crippen molar-refractivity contribution in [3.63, 3.8) is 0 Å². The Morgan fingerprint density at radius 1 is 0.446 bits per heavy atom. The lowest BCUT2D eigenvalue weighted by molar-refractivity contribution is 0.00893. The van der Waals surface area contributed by atoms with Crippen LogP contribution in [0.4, 0.5) is 8.78 Å². The number of hydrogen-bond donors (Lipinski definition) is 6. The van der Waals surface area contributed by atoms with Crippen LogP contribution in [0.25, 0.3) is 0 Å². The normalized spacial score (nSPS) is 23.0. The quantitative estimate of drug-likeness (QED) is 0.122. The highest BCUT2D eigenvalue weighted by atomic mass is 19.1. The van der Waals surface area contributed by atoms with Gasteiger partial charge in [0.1, 0.15) is 83.5 Å². The number of hydrogen-bond acceptors (Lipinski definition) is 10. The molecule has 0 saturated carbocycles. The largest absolute Gasteiger partial charge is 0.487 e. The minimum absolute atomic E-state index is 0.257. The first kappa shape index (κ1) is 39.9. The van der Waals surface area contributed by atoms with E-state index < -0.39 is 24.4 Å². The van der Waals surface area contributed by atoms with Gasteiger partial charge in [-0.15, -0.1) is 0 Å². The molecule has 10 nitrogen and oxygen atoms in total. The third-order valence-corrected chi connectivity index (χ3v) is 11.0. The van der Waals surface area contributed by atoms with Gasteiger partial charge in [0.15, 0.2) is 0 Å². The van der Waals surface area contributed by atoms with Gasteiger partial charge in [-0.2, -0.15) is 0 Å². The molecule has 0 amide bonds. The van der Waals surface area contributed by atoms with Crippen molar-refractivity contribution in [3.8, 4) is 23.0 Å². The minimum atomic E-state index is -0.710. The van der Waals surface area contributed by atoms with Gasteiger partial charge in [-0.05, 0) is 122 Å². The molecule has 8 atom stereocenters. The Hall–Kier alpha value is -4.30. The predicted octanol–water partition coefficient (Wildman–Crippen LogP) is 4.45. The van der Waals surface area contributed by atoms with Crippen molar-refractivity contribution in [2.45, 2.75) is 100 Å². The van der Waals surface area contributed by atoms with Crippen molar-refractivity contribution in [1.29, 1.82) is 0 Å². The molecule has 0 saturated heterocycles. The standard InChI is InChI=1S/2C22H26FNO4/c2*23-16-7-10-20-15(11-16)6-9-22(28-20)18(26)13-24-12-17(25)21-8-5-14-3-1-2-4-19(14)27-21/h2*1-4,7,10-11,17-18,21-22,24-26H,5-6,8-9,12-13H2/t2*17-,18-,21+,22-/m10/s1. The second kappa shape index (κ2) is 18.8. The van der Waals surface area contributed by atoms with E-state index in [2.05, 4.69) is 10.6 Å². The molecule has 0 bridgehead atoms. The number of aliphatic hydroxyl groups is 4. The van der Waals surface area contributed by atoms with E-state index in [9.17, 15) is 29.2 Å². The van der Waals surface area contributed by atoms with Gasteiger partial charge in [-0.1, -0.05) is 36.4 Å². The average molecular weight is 775 g/mol. The molecular formula is C44H52F2N2O8. The predicted molar refractivity (Wildman–Crippen MR) is 206 cm³/mol. The maximum Gasteiger partial charge on any atom is 0.126 e. The van der Waals surface area contributed by atoms with Crippen LogP contribution in [-0.2, 0) is 25.7 Å². The molecule has 0 aliphatic carbocycles. The monoisotopic (exact) mass is 774 g/mol. The highest BCUT2D eigenvalue weighted by Gasteiger charge is 2.31. The molecule has 4 aromatic carbocycles. The van der Waals surface area contributed by atoms with E-state index in [4.69, 9.17) is 18.9 Å². The van der Waals surface area contributed by atoms with Gasteiger partial charge < -0.3 is 50.0 Å². The van der Waals surface area contributed by atoms with E-state index in [0.29, 0.717) is 63.4 Å². The average Bonchev–Trinajstić information content (AvgIpc) is 3.22. The summed E-state index contributed by atoms with van der Waals surface area (Å²) in [4.78, 5) is 0. The van der Waals surface area contributed by atoms with Crippen molar-refractivity contribution in [2.24, 2.45) is 0 Å². The Labute approximate surface area is 326 Å². The first-order valence-corrected chi connectivity index (χ1v) is 19.7. The number of aliphatic hydroxyl groups excluding tert-OH is 4. The van der Waals surface area contributed by atoms with Gasteiger partial charge in [0.25, 0.3) is 0 Å². The Bertz CT molecular complexity index is 1760. The molecule has 8 rings (SSSR count). The number of rotatable bonds is 12. The lowest BCUT2D eigenvalue weighted by Crippen LogP contribution is -2.46. The fourth-order valence-corrected chi connectivity index (χ4v) is 7.81. The molecule has 300 valence electrons. The lowest BCUT2D eigenvalue weighted by Gasteiger charge is -2.31. The summed E-state index contributed by atoms with van der Waals surface area (Å²) in [5.74, 6) is 2.39. The van der Waals surface area contributed by atoms with Crippen molar-refractivity contribution < 1.29 is 48.2 Å². The van der Waals surface area contributed by atoms with E-state index in [1.54, 1.807) is 12.1 Å². The van der Waals surface area contributed by atoms with Gasteiger partial charge in [0.05, 0.1) is 0 Å². The molecule has 4 aliphatic heterocycles. The number of fused-ring (bicyclic) bond motifs is 4. The van der Waals surface area contributed by atoms with Crippen LogP contribution in [0.1, 0.15) is 47.9 Å². The number of halogens is 2. The molecule has 56 heavy (non-hydrogen) atoms. The number of ether oxygens (including phenoxy) is 4. The second-order valence-electron chi connectivity index (χ2n) is 15.1. The number of benzene rings is 4. The van der Waals surface area contributed by atoms with Crippen LogP contribution < -0.4 is 29.6 Å². The lowest BCUT2D eigenvalue weighted by atomic mass is 9.98. The number of para-hydroxylation sites is 2. The Morgan fingerprint density at radius 3 is 1.11 bits per heavy atom. The molecule has 4 aromatic rings. The Balaban J connectivity index is 0.000000172. The third-order valence-electron chi connectivity index (χ3n) is 11.0. The maximum absolute atomic E-state index is 13.3. The van der Waals surface area contributed by atoms with E-state index >= 15 is 0 Å². The van der Waals surface area contributed by atoms with Crippen molar-refractivity contribution in [3.05, 3.63) is 119 Å². The molecule has 0 spiro atoms. The fourth-order valence-electron chi connectivity index (χ4n) is 7.81. The van der Waals surface area contributed by atoms with Crippen LogP contribution >= 0.6 is 0 Å². The highest BCUT2D eigenvalue weighted by Crippen LogP contribution is 2.32. The van der Waals surface area contributed by atoms with Crippen LogP contribution in [0, 0.1) is 11.6 Å². The van der Waals surface area contributed by atoms with Crippen LogP contribution in [-0.4, -0.2) is 95.4 Å². The molecule has 0 fully saturated rings. The smallest absolute Gasteiger partial charge is 0.126 e. The second-order valence-corrected chi connectivity index (χ2v) is 15.1. The maximum atomic E-state index is 13.3. The molecule has 12 heteroatoms. The number of nitrogens with one attached hydrogen (secondary N) is 2. The van der Waals surface area contributed by atoms with Gasteiger partial charge in [0, 0.05) is 26.2 Å². The number of aryl methyl sites for hydroxylation is 4. The molecule has 0 unspecified atom stereocenters. The Kier molecular flexibility index (Phi) is 13.4. The van der Waals surface area contributed by atoms with Gasteiger partial charge in [-0.3, -0.25) is 0 Å². The van der Waals surface area contributed by atoms with E-state index in [1.807, 2.05) is 48.5 Å². The molecule has 0 radical (unpaired) electrons. The zero-order valence-corrected chi connectivity index (χ0v) is 31.4. The van der Waals surface area contributed by atoms with Crippen LogP contribution in [0.2, 0.25) is 0 Å². The highest BCUT2D eigenvalue weighted by molar-refractivity contribution is 5.38. The zero-order valence-electron chi connectivity index (χ0n) is 31.4. The van der Waals surface area contributed by atoms with Crippen molar-refractivity contribution in [1.82, 2.24) is 10.6 Å². The minimum Gasteiger partial charge on any atom is -0.487 e. The summed E-state index contributed by atoms with van der Waals surface area (Å²) in [6.45, 7) is 1.28. The summed E-state index contributed by atoms with van der Waals surface area (Å²) in [6.07, 6.45) is 1.97.